The van der Waals surface area contributed by atoms with Crippen LogP contribution in [0.15, 0.2) is 12.4 Å². The molecule has 0 radical (unpaired) electrons. The summed E-state index contributed by atoms with van der Waals surface area (Å²) < 4.78 is 36.9. The van der Waals surface area contributed by atoms with Gasteiger partial charge in [0.2, 0.25) is 5.91 Å². The van der Waals surface area contributed by atoms with Crippen LogP contribution in [0.5, 0.6) is 0 Å². The third-order valence-corrected chi connectivity index (χ3v) is 1.35. The Morgan fingerprint density at radius 1 is 1.57 bits per heavy atom. The molecule has 1 amide bonds. The Bertz CT molecular complexity index is 326. The summed E-state index contributed by atoms with van der Waals surface area (Å²) in [6.07, 6.45) is 1.42. The van der Waals surface area contributed by atoms with E-state index in [1.54, 1.807) is 0 Å². The summed E-state index contributed by atoms with van der Waals surface area (Å²) in [6, 6.07) is 0. The third-order valence-electron chi connectivity index (χ3n) is 1.35. The maximum atomic E-state index is 12.0. The van der Waals surface area contributed by atoms with Crippen LogP contribution in [-0.2, 0) is 11.3 Å². The number of hydrogen-bond donors (Lipinski definition) is 1. The zero-order chi connectivity index (χ0) is 10.1. The second kappa shape index (κ2) is 5.31. The fourth-order valence-electron chi connectivity index (χ4n) is 0.795. The molecule has 0 bridgehead atoms. The average molecular weight is 231 g/mol. The molecule has 0 aliphatic heterocycles. The quantitative estimate of drug-likeness (QED) is 0.547. The van der Waals surface area contributed by atoms with Crippen molar-refractivity contribution in [2.24, 2.45) is 5.73 Å². The van der Waals surface area contributed by atoms with Gasteiger partial charge in [0.25, 0.3) is 0 Å². The number of carbonyl (C=O) groups is 1. The first kappa shape index (κ1) is 14.2. The van der Waals surface area contributed by atoms with E-state index in [9.17, 15) is 17.7 Å². The maximum absolute atomic E-state index is 12.0. The van der Waals surface area contributed by atoms with Crippen molar-refractivity contribution in [1.82, 2.24) is 9.78 Å². The van der Waals surface area contributed by atoms with Gasteiger partial charge in [-0.25, -0.2) is 0 Å². The largest absolute Gasteiger partial charge is 1.00 e. The number of primary amides is 1. The van der Waals surface area contributed by atoms with Crippen LogP contribution in [0.25, 0.3) is 0 Å². The minimum absolute atomic E-state index is 0. The Labute approximate surface area is 120 Å². The van der Waals surface area contributed by atoms with E-state index >= 15 is 0 Å². The number of carbonyl (C=O) groups excluding carboxylic acids is 1. The van der Waals surface area contributed by atoms with Gasteiger partial charge < -0.3 is 18.7 Å². The van der Waals surface area contributed by atoms with E-state index in [1.807, 2.05) is 0 Å². The molecule has 0 atom stereocenters. The van der Waals surface area contributed by atoms with Crippen molar-refractivity contribution in [3.8, 4) is 0 Å². The summed E-state index contributed by atoms with van der Waals surface area (Å²) in [6.45, 7) is -5.39. The number of halogens is 3. The Hall–Kier alpha value is 0.171. The monoisotopic (exact) mass is 231 g/mol. The Balaban J connectivity index is 0.00000169. The van der Waals surface area contributed by atoms with Crippen LogP contribution in [0.1, 0.15) is 0 Å². The van der Waals surface area contributed by atoms with E-state index in [2.05, 4.69) is 5.10 Å². The van der Waals surface area contributed by atoms with E-state index in [0.717, 1.165) is 10.9 Å². The van der Waals surface area contributed by atoms with Gasteiger partial charge in [0.15, 0.2) is 0 Å². The molecule has 1 aromatic rings. The van der Waals surface area contributed by atoms with Crippen LogP contribution in [0.4, 0.5) is 12.9 Å². The van der Waals surface area contributed by atoms with Gasteiger partial charge in [0.05, 0.1) is 0 Å². The molecule has 0 unspecified atom stereocenters. The van der Waals surface area contributed by atoms with Gasteiger partial charge in [-0.2, -0.15) is 5.10 Å². The summed E-state index contributed by atoms with van der Waals surface area (Å²) in [5.41, 5.74) is 3.93. The smallest absolute Gasteiger partial charge is 0.445 e. The first-order chi connectivity index (χ1) is 5.89. The molecular weight excluding hydrogens is 225 g/mol. The minimum Gasteiger partial charge on any atom is -0.445 e. The summed E-state index contributed by atoms with van der Waals surface area (Å²) >= 11 is 0. The molecular formula is C5H6BF3KN3O. The average Bonchev–Trinajstić information content (AvgIpc) is 2.32. The van der Waals surface area contributed by atoms with Crippen molar-refractivity contribution in [3.05, 3.63) is 12.4 Å². The molecule has 1 rings (SSSR count). The minimum atomic E-state index is -5.05. The van der Waals surface area contributed by atoms with Crippen molar-refractivity contribution >= 4 is 18.3 Å². The Morgan fingerprint density at radius 3 is 2.50 bits per heavy atom. The fraction of sp³-hybridized carbons (Fsp3) is 0.200. The number of nitrogens with zero attached hydrogens (tertiary/aromatic N) is 2. The molecule has 4 nitrogen and oxygen atoms in total. The van der Waals surface area contributed by atoms with Gasteiger partial charge >= 0.3 is 58.4 Å². The van der Waals surface area contributed by atoms with Crippen molar-refractivity contribution in [3.63, 3.8) is 0 Å². The van der Waals surface area contributed by atoms with Gasteiger partial charge in [-0.15, -0.1) is 0 Å². The van der Waals surface area contributed by atoms with Crippen LogP contribution in [0.3, 0.4) is 0 Å². The molecule has 1 heterocycles. The fourth-order valence-corrected chi connectivity index (χ4v) is 0.795. The topological polar surface area (TPSA) is 60.9 Å². The van der Waals surface area contributed by atoms with Crippen LogP contribution in [-0.4, -0.2) is 22.7 Å². The molecule has 0 aromatic carbocycles. The van der Waals surface area contributed by atoms with Crippen LogP contribution in [0.2, 0.25) is 0 Å². The van der Waals surface area contributed by atoms with Gasteiger partial charge in [-0.05, 0) is 6.20 Å². The van der Waals surface area contributed by atoms with Crippen molar-refractivity contribution in [2.75, 3.05) is 0 Å². The number of rotatable bonds is 3. The van der Waals surface area contributed by atoms with E-state index in [-0.39, 0.29) is 57.9 Å². The molecule has 0 aliphatic rings. The number of nitrogens with two attached hydrogens (primary N) is 1. The Kier molecular flexibility index (Phi) is 5.37. The molecule has 2 N–H and O–H groups in total. The molecule has 1 aromatic heterocycles. The van der Waals surface area contributed by atoms with Crippen LogP contribution >= 0.6 is 0 Å². The Morgan fingerprint density at radius 2 is 2.14 bits per heavy atom. The predicted molar refractivity (Wildman–Crippen MR) is 40.1 cm³/mol. The first-order valence-corrected chi connectivity index (χ1v) is 3.40. The van der Waals surface area contributed by atoms with Gasteiger partial charge in [0, 0.05) is 6.20 Å². The molecule has 0 fully saturated rings. The first-order valence-electron chi connectivity index (χ1n) is 3.40. The summed E-state index contributed by atoms with van der Waals surface area (Å²) in [5, 5.41) is 3.33. The van der Waals surface area contributed by atoms with Gasteiger partial charge in [0.1, 0.15) is 6.54 Å². The third kappa shape index (κ3) is 4.13. The zero-order valence-corrected chi connectivity index (χ0v) is 10.6. The van der Waals surface area contributed by atoms with E-state index in [0.29, 0.717) is 6.20 Å². The molecule has 0 saturated carbocycles. The number of amides is 1. The standard InChI is InChI=1S/C5H6BF3N3O.K/c7-6(8,9)4-1-11-12(2-4)3-5(10)13;/h1-2H,3H2,(H2,10,13);/q-1;+1. The van der Waals surface area contributed by atoms with E-state index in [4.69, 9.17) is 5.73 Å². The van der Waals surface area contributed by atoms with Crippen molar-refractivity contribution in [1.29, 1.82) is 0 Å². The van der Waals surface area contributed by atoms with Crippen molar-refractivity contribution < 1.29 is 69.1 Å². The molecule has 0 aliphatic carbocycles. The molecule has 0 saturated heterocycles. The number of aromatic nitrogens is 2. The molecule has 9 heteroatoms. The van der Waals surface area contributed by atoms with Gasteiger partial charge in [-0.1, -0.05) is 5.46 Å². The SMILES string of the molecule is NC(=O)Cn1cc([B-](F)(F)F)cn1.[K+]. The molecule has 14 heavy (non-hydrogen) atoms. The zero-order valence-electron chi connectivity index (χ0n) is 7.45. The van der Waals surface area contributed by atoms with E-state index in [1.165, 1.54) is 0 Å². The maximum Gasteiger partial charge on any atom is 1.00 e. The van der Waals surface area contributed by atoms with Gasteiger partial charge in [-0.3, -0.25) is 9.48 Å². The van der Waals surface area contributed by atoms with E-state index < -0.39 is 18.3 Å². The second-order valence-corrected chi connectivity index (χ2v) is 2.51. The van der Waals surface area contributed by atoms with Crippen molar-refractivity contribution in [2.45, 2.75) is 6.54 Å². The second-order valence-electron chi connectivity index (χ2n) is 2.51. The summed E-state index contributed by atoms with van der Waals surface area (Å²) in [4.78, 5) is 10.3. The molecule has 0 spiro atoms. The predicted octanol–water partition coefficient (Wildman–Crippen LogP) is -3.57. The summed E-state index contributed by atoms with van der Waals surface area (Å²) in [5.74, 6) is -0.732. The summed E-state index contributed by atoms with van der Waals surface area (Å²) in [7, 11) is 0. The van der Waals surface area contributed by atoms with Crippen LogP contribution in [0, 0.1) is 0 Å². The molecule has 72 valence electrons. The van der Waals surface area contributed by atoms with Crippen LogP contribution < -0.4 is 62.6 Å². The number of hydrogen-bond acceptors (Lipinski definition) is 2. The normalized spacial score (nSPS) is 10.8.